The van der Waals surface area contributed by atoms with Gasteiger partial charge in [0, 0.05) is 10.6 Å². The van der Waals surface area contributed by atoms with Crippen molar-refractivity contribution in [3.8, 4) is 11.5 Å². The number of hydrazone groups is 1. The number of carbonyl (C=O) groups excluding carboxylic acids is 2. The lowest BCUT2D eigenvalue weighted by molar-refractivity contribution is -0.123. The van der Waals surface area contributed by atoms with Crippen LogP contribution in [0.25, 0.3) is 0 Å². The van der Waals surface area contributed by atoms with Crippen molar-refractivity contribution < 1.29 is 19.1 Å². The SMILES string of the molecule is CCCCOc1c(Br)cc(/C=N\NC(=O)C(NC(=O)c2ccc(Cl)cc2)C(C)C)cc1OC. The first-order chi connectivity index (χ1) is 15.8. The summed E-state index contributed by atoms with van der Waals surface area (Å²) >= 11 is 9.37. The normalized spacial score (nSPS) is 12.0. The Bertz CT molecular complexity index is 980. The number of benzene rings is 2. The maximum Gasteiger partial charge on any atom is 0.262 e. The maximum absolute atomic E-state index is 12.7. The molecule has 0 aliphatic heterocycles. The average molecular weight is 539 g/mol. The van der Waals surface area contributed by atoms with E-state index < -0.39 is 11.9 Å². The van der Waals surface area contributed by atoms with Crippen molar-refractivity contribution in [2.24, 2.45) is 11.0 Å². The van der Waals surface area contributed by atoms with Crippen LogP contribution in [0.2, 0.25) is 5.02 Å². The van der Waals surface area contributed by atoms with Crippen molar-refractivity contribution in [2.75, 3.05) is 13.7 Å². The third-order valence-corrected chi connectivity index (χ3v) is 5.57. The minimum absolute atomic E-state index is 0.148. The third kappa shape index (κ3) is 8.05. The summed E-state index contributed by atoms with van der Waals surface area (Å²) in [6.45, 7) is 6.37. The van der Waals surface area contributed by atoms with Crippen molar-refractivity contribution in [3.63, 3.8) is 0 Å². The fraction of sp³-hybridized carbons (Fsp3) is 0.375. The molecule has 0 radical (unpaired) electrons. The summed E-state index contributed by atoms with van der Waals surface area (Å²) in [5, 5.41) is 7.33. The largest absolute Gasteiger partial charge is 0.493 e. The van der Waals surface area contributed by atoms with Crippen LogP contribution >= 0.6 is 27.5 Å². The highest BCUT2D eigenvalue weighted by molar-refractivity contribution is 9.10. The van der Waals surface area contributed by atoms with Crippen LogP contribution in [0.3, 0.4) is 0 Å². The molecule has 1 unspecified atom stereocenters. The van der Waals surface area contributed by atoms with E-state index in [0.29, 0.717) is 34.3 Å². The number of unbranched alkanes of at least 4 members (excludes halogenated alkanes) is 1. The molecular formula is C24H29BrClN3O4. The van der Waals surface area contributed by atoms with Gasteiger partial charge in [-0.3, -0.25) is 9.59 Å². The first-order valence-electron chi connectivity index (χ1n) is 10.7. The molecule has 2 aromatic carbocycles. The number of nitrogens with one attached hydrogen (secondary N) is 2. The summed E-state index contributed by atoms with van der Waals surface area (Å²) < 4.78 is 12.0. The summed E-state index contributed by atoms with van der Waals surface area (Å²) in [7, 11) is 1.56. The Morgan fingerprint density at radius 3 is 2.52 bits per heavy atom. The van der Waals surface area contributed by atoms with Crippen LogP contribution in [0.5, 0.6) is 11.5 Å². The highest BCUT2D eigenvalue weighted by atomic mass is 79.9. The van der Waals surface area contributed by atoms with Crippen LogP contribution in [-0.2, 0) is 4.79 Å². The minimum Gasteiger partial charge on any atom is -0.493 e. The van der Waals surface area contributed by atoms with E-state index in [1.165, 1.54) is 6.21 Å². The fourth-order valence-corrected chi connectivity index (χ4v) is 3.57. The second-order valence-corrected chi connectivity index (χ2v) is 8.96. The number of halogens is 2. The molecule has 0 saturated carbocycles. The van der Waals surface area contributed by atoms with Gasteiger partial charge in [-0.25, -0.2) is 5.43 Å². The van der Waals surface area contributed by atoms with Gasteiger partial charge < -0.3 is 14.8 Å². The summed E-state index contributed by atoms with van der Waals surface area (Å²) in [6, 6.07) is 9.28. The Kier molecular flexibility index (Phi) is 10.7. The molecule has 0 bridgehead atoms. The van der Waals surface area contributed by atoms with Gasteiger partial charge in [0.25, 0.3) is 11.8 Å². The molecule has 1 atom stereocenters. The smallest absolute Gasteiger partial charge is 0.262 e. The molecule has 0 aliphatic carbocycles. The first kappa shape index (κ1) is 26.7. The molecule has 0 aromatic heterocycles. The van der Waals surface area contributed by atoms with Crippen LogP contribution in [0, 0.1) is 5.92 Å². The number of hydrogen-bond donors (Lipinski definition) is 2. The Labute approximate surface area is 208 Å². The highest BCUT2D eigenvalue weighted by Gasteiger charge is 2.24. The molecule has 2 rings (SSSR count). The van der Waals surface area contributed by atoms with E-state index in [1.54, 1.807) is 37.4 Å². The van der Waals surface area contributed by atoms with E-state index in [1.807, 2.05) is 19.9 Å². The molecular weight excluding hydrogens is 510 g/mol. The van der Waals surface area contributed by atoms with Crippen LogP contribution in [0.4, 0.5) is 0 Å². The van der Waals surface area contributed by atoms with E-state index >= 15 is 0 Å². The summed E-state index contributed by atoms with van der Waals surface area (Å²) in [4.78, 5) is 25.2. The topological polar surface area (TPSA) is 89.0 Å². The number of rotatable bonds is 11. The van der Waals surface area contributed by atoms with Crippen molar-refractivity contribution >= 4 is 45.6 Å². The average Bonchev–Trinajstić information content (AvgIpc) is 2.78. The fourth-order valence-electron chi connectivity index (χ4n) is 2.87. The number of methoxy groups -OCH3 is 1. The van der Waals surface area contributed by atoms with Gasteiger partial charge in [0.15, 0.2) is 11.5 Å². The second-order valence-electron chi connectivity index (χ2n) is 7.67. The second kappa shape index (κ2) is 13.2. The number of nitrogens with zero attached hydrogens (tertiary/aromatic N) is 1. The molecule has 0 aliphatic rings. The molecule has 0 spiro atoms. The van der Waals surface area contributed by atoms with Crippen molar-refractivity contribution in [1.29, 1.82) is 0 Å². The Morgan fingerprint density at radius 2 is 1.91 bits per heavy atom. The van der Waals surface area contributed by atoms with Crippen molar-refractivity contribution in [1.82, 2.24) is 10.7 Å². The van der Waals surface area contributed by atoms with Gasteiger partial charge in [0.2, 0.25) is 0 Å². The molecule has 0 heterocycles. The zero-order valence-electron chi connectivity index (χ0n) is 19.2. The summed E-state index contributed by atoms with van der Waals surface area (Å²) in [5.41, 5.74) is 3.62. The molecule has 178 valence electrons. The van der Waals surface area contributed by atoms with E-state index in [2.05, 4.69) is 38.7 Å². The summed E-state index contributed by atoms with van der Waals surface area (Å²) in [6.07, 6.45) is 3.47. The molecule has 9 heteroatoms. The molecule has 33 heavy (non-hydrogen) atoms. The quantitative estimate of drug-likeness (QED) is 0.234. The lowest BCUT2D eigenvalue weighted by Crippen LogP contribution is -2.48. The van der Waals surface area contributed by atoms with Crippen LogP contribution in [-0.4, -0.2) is 37.8 Å². The monoisotopic (exact) mass is 537 g/mol. The van der Waals surface area contributed by atoms with Gasteiger partial charge in [-0.15, -0.1) is 0 Å². The van der Waals surface area contributed by atoms with Gasteiger partial charge in [0.05, 0.1) is 24.4 Å². The standard InChI is InChI=1S/C24H29BrClN3O4/c1-5-6-11-33-22-19(25)12-16(13-20(22)32-4)14-27-29-24(31)21(15(2)3)28-23(30)17-7-9-18(26)10-8-17/h7-10,12-15,21H,5-6,11H2,1-4H3,(H,28,30)(H,29,31)/b27-14-. The number of amides is 2. The molecule has 0 fully saturated rings. The molecule has 2 N–H and O–H groups in total. The number of ether oxygens (including phenoxy) is 2. The van der Waals surface area contributed by atoms with Crippen molar-refractivity contribution in [2.45, 2.75) is 39.7 Å². The zero-order chi connectivity index (χ0) is 24.4. The third-order valence-electron chi connectivity index (χ3n) is 4.73. The van der Waals surface area contributed by atoms with Gasteiger partial charge in [-0.1, -0.05) is 38.8 Å². The van der Waals surface area contributed by atoms with E-state index in [4.69, 9.17) is 21.1 Å². The minimum atomic E-state index is -0.763. The maximum atomic E-state index is 12.7. The van der Waals surface area contributed by atoms with E-state index in [0.717, 1.165) is 17.3 Å². The molecule has 2 aromatic rings. The zero-order valence-corrected chi connectivity index (χ0v) is 21.5. The van der Waals surface area contributed by atoms with E-state index in [-0.39, 0.29) is 11.8 Å². The van der Waals surface area contributed by atoms with Crippen LogP contribution < -0.4 is 20.2 Å². The van der Waals surface area contributed by atoms with E-state index in [9.17, 15) is 9.59 Å². The summed E-state index contributed by atoms with van der Waals surface area (Å²) in [5.74, 6) is 0.247. The highest BCUT2D eigenvalue weighted by Crippen LogP contribution is 2.36. The Hall–Kier alpha value is -2.58. The van der Waals surface area contributed by atoms with Gasteiger partial charge in [-0.05, 0) is 70.2 Å². The molecule has 0 saturated heterocycles. The van der Waals surface area contributed by atoms with Gasteiger partial charge in [-0.2, -0.15) is 5.10 Å². The lowest BCUT2D eigenvalue weighted by atomic mass is 10.0. The molecule has 2 amide bonds. The predicted octanol–water partition coefficient (Wildman–Crippen LogP) is 5.19. The lowest BCUT2D eigenvalue weighted by Gasteiger charge is -2.20. The first-order valence-corrected chi connectivity index (χ1v) is 11.8. The number of hydrogen-bond acceptors (Lipinski definition) is 5. The van der Waals surface area contributed by atoms with Gasteiger partial charge in [0.1, 0.15) is 6.04 Å². The van der Waals surface area contributed by atoms with Crippen molar-refractivity contribution in [3.05, 3.63) is 57.0 Å². The Morgan fingerprint density at radius 1 is 1.21 bits per heavy atom. The number of carbonyl (C=O) groups is 2. The van der Waals surface area contributed by atoms with Gasteiger partial charge >= 0.3 is 0 Å². The predicted molar refractivity (Wildman–Crippen MR) is 134 cm³/mol. The van der Waals surface area contributed by atoms with Crippen LogP contribution in [0.15, 0.2) is 46.0 Å². The molecule has 7 nitrogen and oxygen atoms in total. The van der Waals surface area contributed by atoms with Crippen LogP contribution in [0.1, 0.15) is 49.5 Å². The Balaban J connectivity index is 2.05.